The number of nitroso groups, excluding NO2 is 1. The summed E-state index contributed by atoms with van der Waals surface area (Å²) in [5, 5.41) is 4.07. The molecule has 1 atom stereocenters. The number of fused-ring (bicyclic) bond motifs is 1. The van der Waals surface area contributed by atoms with Gasteiger partial charge in [-0.1, -0.05) is 41.6 Å². The SMILES string of the molecule is CC(N=O)c1ccccc1Oc1cnc2ccccc2c1. The molecule has 0 radical (unpaired) electrons. The summed E-state index contributed by atoms with van der Waals surface area (Å²) in [6, 6.07) is 16.7. The zero-order valence-electron chi connectivity index (χ0n) is 11.6. The Kier molecular flexibility index (Phi) is 3.60. The van der Waals surface area contributed by atoms with Gasteiger partial charge in [-0.2, -0.15) is 4.91 Å². The Morgan fingerprint density at radius 1 is 1.10 bits per heavy atom. The van der Waals surface area contributed by atoms with Crippen LogP contribution in [0.3, 0.4) is 0 Å². The van der Waals surface area contributed by atoms with E-state index < -0.39 is 6.04 Å². The molecule has 21 heavy (non-hydrogen) atoms. The molecule has 0 saturated heterocycles. The van der Waals surface area contributed by atoms with Crippen LogP contribution in [0, 0.1) is 4.91 Å². The first-order valence-corrected chi connectivity index (χ1v) is 6.72. The van der Waals surface area contributed by atoms with Crippen molar-refractivity contribution in [1.82, 2.24) is 4.98 Å². The van der Waals surface area contributed by atoms with E-state index in [1.54, 1.807) is 13.1 Å². The smallest absolute Gasteiger partial charge is 0.146 e. The Labute approximate surface area is 122 Å². The molecule has 0 amide bonds. The van der Waals surface area contributed by atoms with E-state index in [1.807, 2.05) is 54.6 Å². The lowest BCUT2D eigenvalue weighted by Gasteiger charge is -2.12. The van der Waals surface area contributed by atoms with Crippen LogP contribution in [0.25, 0.3) is 10.9 Å². The Morgan fingerprint density at radius 2 is 1.86 bits per heavy atom. The molecular weight excluding hydrogens is 264 g/mol. The lowest BCUT2D eigenvalue weighted by atomic mass is 10.1. The van der Waals surface area contributed by atoms with Gasteiger partial charge < -0.3 is 4.74 Å². The van der Waals surface area contributed by atoms with E-state index in [-0.39, 0.29) is 0 Å². The topological polar surface area (TPSA) is 51.5 Å². The monoisotopic (exact) mass is 278 g/mol. The molecule has 0 N–H and O–H groups in total. The van der Waals surface area contributed by atoms with Gasteiger partial charge >= 0.3 is 0 Å². The highest BCUT2D eigenvalue weighted by molar-refractivity contribution is 5.79. The largest absolute Gasteiger partial charge is 0.455 e. The van der Waals surface area contributed by atoms with E-state index in [9.17, 15) is 4.91 Å². The molecule has 0 bridgehead atoms. The van der Waals surface area contributed by atoms with Crippen molar-refractivity contribution in [1.29, 1.82) is 0 Å². The number of ether oxygens (including phenoxy) is 1. The minimum absolute atomic E-state index is 0.449. The van der Waals surface area contributed by atoms with Crippen molar-refractivity contribution >= 4 is 10.9 Å². The van der Waals surface area contributed by atoms with Crippen LogP contribution in [-0.2, 0) is 0 Å². The predicted octanol–water partition coefficient (Wildman–Crippen LogP) is 4.85. The maximum atomic E-state index is 10.8. The quantitative estimate of drug-likeness (QED) is 0.641. The summed E-state index contributed by atoms with van der Waals surface area (Å²) in [6.07, 6.45) is 1.68. The van der Waals surface area contributed by atoms with E-state index in [0.29, 0.717) is 11.5 Å². The zero-order valence-corrected chi connectivity index (χ0v) is 11.6. The highest BCUT2D eigenvalue weighted by Gasteiger charge is 2.12. The average Bonchev–Trinajstić information content (AvgIpc) is 2.54. The van der Waals surface area contributed by atoms with Crippen LogP contribution in [0.15, 0.2) is 66.0 Å². The van der Waals surface area contributed by atoms with Gasteiger partial charge in [-0.25, -0.2) is 0 Å². The van der Waals surface area contributed by atoms with Crippen LogP contribution in [-0.4, -0.2) is 4.98 Å². The minimum atomic E-state index is -0.449. The van der Waals surface area contributed by atoms with E-state index in [2.05, 4.69) is 10.2 Å². The van der Waals surface area contributed by atoms with Gasteiger partial charge in [-0.05, 0) is 25.1 Å². The van der Waals surface area contributed by atoms with Crippen molar-refractivity contribution in [3.63, 3.8) is 0 Å². The van der Waals surface area contributed by atoms with E-state index in [4.69, 9.17) is 4.74 Å². The lowest BCUT2D eigenvalue weighted by molar-refractivity contribution is 0.471. The lowest BCUT2D eigenvalue weighted by Crippen LogP contribution is -1.94. The molecule has 1 aromatic heterocycles. The minimum Gasteiger partial charge on any atom is -0.455 e. The molecule has 3 rings (SSSR count). The number of hydrogen-bond acceptors (Lipinski definition) is 4. The maximum Gasteiger partial charge on any atom is 0.146 e. The van der Waals surface area contributed by atoms with Crippen molar-refractivity contribution < 1.29 is 4.74 Å². The molecule has 0 fully saturated rings. The number of benzene rings is 2. The van der Waals surface area contributed by atoms with Crippen LogP contribution < -0.4 is 4.74 Å². The fourth-order valence-electron chi connectivity index (χ4n) is 2.21. The fraction of sp³-hybridized carbons (Fsp3) is 0.118. The second kappa shape index (κ2) is 5.71. The molecule has 1 heterocycles. The number of aromatic nitrogens is 1. The highest BCUT2D eigenvalue weighted by Crippen LogP contribution is 2.31. The third-order valence-corrected chi connectivity index (χ3v) is 3.32. The first kappa shape index (κ1) is 13.2. The van der Waals surface area contributed by atoms with Gasteiger partial charge in [0.15, 0.2) is 0 Å². The third-order valence-electron chi connectivity index (χ3n) is 3.32. The Hall–Kier alpha value is -2.75. The fourth-order valence-corrected chi connectivity index (χ4v) is 2.21. The van der Waals surface area contributed by atoms with Gasteiger partial charge in [-0.15, -0.1) is 0 Å². The normalized spacial score (nSPS) is 12.0. The van der Waals surface area contributed by atoms with Crippen LogP contribution in [0.2, 0.25) is 0 Å². The predicted molar refractivity (Wildman–Crippen MR) is 82.5 cm³/mol. The van der Waals surface area contributed by atoms with Crippen LogP contribution in [0.5, 0.6) is 11.5 Å². The van der Waals surface area contributed by atoms with Gasteiger partial charge in [0, 0.05) is 10.9 Å². The molecule has 1 unspecified atom stereocenters. The van der Waals surface area contributed by atoms with E-state index in [1.165, 1.54) is 0 Å². The molecule has 0 saturated carbocycles. The molecule has 0 aliphatic heterocycles. The molecule has 0 aliphatic rings. The number of rotatable bonds is 4. The second-order valence-corrected chi connectivity index (χ2v) is 4.78. The van der Waals surface area contributed by atoms with Gasteiger partial charge in [0.2, 0.25) is 0 Å². The number of nitrogens with zero attached hydrogens (tertiary/aromatic N) is 2. The highest BCUT2D eigenvalue weighted by atomic mass is 16.5. The van der Waals surface area contributed by atoms with Gasteiger partial charge in [0.1, 0.15) is 17.5 Å². The third kappa shape index (κ3) is 2.74. The van der Waals surface area contributed by atoms with Crippen molar-refractivity contribution in [3.05, 3.63) is 71.3 Å². The Bertz CT molecular complexity index is 786. The summed E-state index contributed by atoms with van der Waals surface area (Å²) in [5.41, 5.74) is 1.68. The number of para-hydroxylation sites is 2. The molecule has 4 heteroatoms. The summed E-state index contributed by atoms with van der Waals surface area (Å²) >= 11 is 0. The van der Waals surface area contributed by atoms with Crippen LogP contribution in [0.1, 0.15) is 18.5 Å². The van der Waals surface area contributed by atoms with Crippen molar-refractivity contribution in [2.75, 3.05) is 0 Å². The van der Waals surface area contributed by atoms with Crippen molar-refractivity contribution in [2.24, 2.45) is 5.18 Å². The summed E-state index contributed by atoms with van der Waals surface area (Å²) < 4.78 is 5.88. The summed E-state index contributed by atoms with van der Waals surface area (Å²) in [7, 11) is 0. The van der Waals surface area contributed by atoms with Crippen LogP contribution >= 0.6 is 0 Å². The zero-order chi connectivity index (χ0) is 14.7. The van der Waals surface area contributed by atoms with Gasteiger partial charge in [-0.3, -0.25) is 4.98 Å². The summed E-state index contributed by atoms with van der Waals surface area (Å²) in [6.45, 7) is 1.74. The van der Waals surface area contributed by atoms with Crippen molar-refractivity contribution in [3.8, 4) is 11.5 Å². The second-order valence-electron chi connectivity index (χ2n) is 4.78. The number of pyridine rings is 1. The number of hydrogen-bond donors (Lipinski definition) is 0. The first-order valence-electron chi connectivity index (χ1n) is 6.72. The molecule has 0 spiro atoms. The van der Waals surface area contributed by atoms with Crippen molar-refractivity contribution in [2.45, 2.75) is 13.0 Å². The molecule has 4 nitrogen and oxygen atoms in total. The Balaban J connectivity index is 1.97. The van der Waals surface area contributed by atoms with E-state index in [0.717, 1.165) is 16.5 Å². The van der Waals surface area contributed by atoms with Crippen LogP contribution in [0.4, 0.5) is 0 Å². The van der Waals surface area contributed by atoms with Gasteiger partial charge in [0.05, 0.1) is 11.7 Å². The maximum absolute atomic E-state index is 10.8. The Morgan fingerprint density at radius 3 is 2.71 bits per heavy atom. The molecule has 0 aliphatic carbocycles. The average molecular weight is 278 g/mol. The molecule has 3 aromatic rings. The summed E-state index contributed by atoms with van der Waals surface area (Å²) in [5.74, 6) is 1.26. The van der Waals surface area contributed by atoms with E-state index >= 15 is 0 Å². The standard InChI is InChI=1S/C17H14N2O2/c1-12(19-20)15-7-3-5-9-17(15)21-14-10-13-6-2-4-8-16(13)18-11-14/h2-12H,1H3. The van der Waals surface area contributed by atoms with Gasteiger partial charge in [0.25, 0.3) is 0 Å². The first-order chi connectivity index (χ1) is 10.3. The summed E-state index contributed by atoms with van der Waals surface area (Å²) in [4.78, 5) is 15.1. The molecular formula is C17H14N2O2. The molecule has 2 aromatic carbocycles. The molecule has 104 valence electrons.